The first-order valence-corrected chi connectivity index (χ1v) is 5.19. The van der Waals surface area contributed by atoms with Crippen LogP contribution in [0.3, 0.4) is 0 Å². The molecule has 1 aliphatic rings. The topological polar surface area (TPSA) is 0 Å². The summed E-state index contributed by atoms with van der Waals surface area (Å²) in [6.45, 7) is 0. The number of benzene rings is 1. The molecule has 70 valence electrons. The highest BCUT2D eigenvalue weighted by Crippen LogP contribution is 2.28. The second-order valence-corrected chi connectivity index (χ2v) is 3.72. The third-order valence-corrected chi connectivity index (χ3v) is 2.84. The quantitative estimate of drug-likeness (QED) is 0.479. The van der Waals surface area contributed by atoms with Gasteiger partial charge in [0.1, 0.15) is 0 Å². The summed E-state index contributed by atoms with van der Waals surface area (Å²) < 4.78 is 0. The minimum absolute atomic E-state index is 1.24. The molecule has 1 heteroatoms. The molecular formula is C13H12P-. The maximum absolute atomic E-state index is 2.80. The summed E-state index contributed by atoms with van der Waals surface area (Å²) in [6, 6.07) is 10.4. The summed E-state index contributed by atoms with van der Waals surface area (Å²) in [4.78, 5) is 0. The van der Waals surface area contributed by atoms with Crippen molar-refractivity contribution < 1.29 is 0 Å². The summed E-state index contributed by atoms with van der Waals surface area (Å²) in [5.41, 5.74) is 2.51. The van der Waals surface area contributed by atoms with E-state index in [1.807, 2.05) is 12.1 Å². The number of hydrogen-bond acceptors (Lipinski definition) is 0. The predicted octanol–water partition coefficient (Wildman–Crippen LogP) is 3.60. The maximum Gasteiger partial charge on any atom is -0.0597 e. The van der Waals surface area contributed by atoms with Gasteiger partial charge in [0, 0.05) is 0 Å². The molecule has 0 saturated carbocycles. The van der Waals surface area contributed by atoms with E-state index in [2.05, 4.69) is 58.2 Å². The van der Waals surface area contributed by atoms with Crippen molar-refractivity contribution in [2.75, 3.05) is 0 Å². The Morgan fingerprint density at radius 3 is 2.50 bits per heavy atom. The van der Waals surface area contributed by atoms with Gasteiger partial charge in [0.15, 0.2) is 0 Å². The highest BCUT2D eigenvalue weighted by Gasteiger charge is 1.94. The monoisotopic (exact) mass is 199 g/mol. The SMILES string of the molecule is PC(=C1C=CC=C[CH-]1)c1ccccc1. The molecule has 0 aliphatic heterocycles. The lowest BCUT2D eigenvalue weighted by atomic mass is 10.0. The molecule has 1 aromatic carbocycles. The van der Waals surface area contributed by atoms with Gasteiger partial charge in [0.2, 0.25) is 0 Å². The molecule has 1 unspecified atom stereocenters. The summed E-state index contributed by atoms with van der Waals surface area (Å²) in [6.07, 6.45) is 10.4. The molecule has 0 fully saturated rings. The predicted molar refractivity (Wildman–Crippen MR) is 65.7 cm³/mol. The van der Waals surface area contributed by atoms with Gasteiger partial charge in [0.25, 0.3) is 0 Å². The second-order valence-electron chi connectivity index (χ2n) is 3.15. The van der Waals surface area contributed by atoms with Crippen molar-refractivity contribution in [3.63, 3.8) is 0 Å². The first-order valence-electron chi connectivity index (χ1n) is 4.61. The highest BCUT2D eigenvalue weighted by molar-refractivity contribution is 7.31. The zero-order valence-corrected chi connectivity index (χ0v) is 9.01. The summed E-state index contributed by atoms with van der Waals surface area (Å²) in [7, 11) is 2.80. The van der Waals surface area contributed by atoms with Crippen LogP contribution in [0.5, 0.6) is 0 Å². The van der Waals surface area contributed by atoms with Crippen molar-refractivity contribution in [3.8, 4) is 0 Å². The van der Waals surface area contributed by atoms with Gasteiger partial charge in [-0.05, 0) is 0 Å². The van der Waals surface area contributed by atoms with Crippen LogP contribution in [0.15, 0.2) is 60.2 Å². The lowest BCUT2D eigenvalue weighted by Crippen LogP contribution is -1.86. The fourth-order valence-corrected chi connectivity index (χ4v) is 1.79. The summed E-state index contributed by atoms with van der Waals surface area (Å²) >= 11 is 0. The number of allylic oxidation sites excluding steroid dienone is 5. The van der Waals surface area contributed by atoms with E-state index in [1.54, 1.807) is 0 Å². The zero-order valence-electron chi connectivity index (χ0n) is 7.85. The van der Waals surface area contributed by atoms with Gasteiger partial charge in [-0.3, -0.25) is 0 Å². The van der Waals surface area contributed by atoms with Crippen molar-refractivity contribution in [2.24, 2.45) is 0 Å². The van der Waals surface area contributed by atoms with Crippen molar-refractivity contribution in [2.45, 2.75) is 0 Å². The van der Waals surface area contributed by atoms with Crippen LogP contribution in [0.25, 0.3) is 5.31 Å². The molecule has 14 heavy (non-hydrogen) atoms. The van der Waals surface area contributed by atoms with Gasteiger partial charge in [-0.25, -0.2) is 0 Å². The molecule has 0 saturated heterocycles. The molecule has 0 aromatic heterocycles. The van der Waals surface area contributed by atoms with Crippen molar-refractivity contribution >= 4 is 14.6 Å². The molecule has 0 heterocycles. The van der Waals surface area contributed by atoms with E-state index < -0.39 is 0 Å². The molecule has 2 rings (SSSR count). The Hall–Kier alpha value is -1.26. The van der Waals surface area contributed by atoms with E-state index in [-0.39, 0.29) is 0 Å². The van der Waals surface area contributed by atoms with Gasteiger partial charge < -0.3 is 0 Å². The Labute approximate surface area is 87.2 Å². The van der Waals surface area contributed by atoms with E-state index in [1.165, 1.54) is 16.5 Å². The van der Waals surface area contributed by atoms with Crippen LogP contribution in [0, 0.1) is 6.42 Å². The van der Waals surface area contributed by atoms with Crippen LogP contribution >= 0.6 is 9.24 Å². The van der Waals surface area contributed by atoms with Gasteiger partial charge in [-0.2, -0.15) is 9.24 Å². The Bertz CT molecular complexity index is 397. The zero-order chi connectivity index (χ0) is 9.80. The van der Waals surface area contributed by atoms with Gasteiger partial charge in [-0.1, -0.05) is 41.2 Å². The van der Waals surface area contributed by atoms with Gasteiger partial charge in [-0.15, -0.1) is 36.3 Å². The van der Waals surface area contributed by atoms with E-state index in [9.17, 15) is 0 Å². The molecular weight excluding hydrogens is 187 g/mol. The molecule has 1 aliphatic carbocycles. The molecule has 0 radical (unpaired) electrons. The standard InChI is InChI=1S/C13H12P/c14-13(11-7-3-1-4-8-11)12-9-5-2-6-10-12/h1-10H,14H2/q-1. The van der Waals surface area contributed by atoms with Gasteiger partial charge >= 0.3 is 0 Å². The molecule has 1 atom stereocenters. The number of hydrogen-bond donors (Lipinski definition) is 0. The van der Waals surface area contributed by atoms with Crippen LogP contribution in [0.4, 0.5) is 0 Å². The summed E-state index contributed by atoms with van der Waals surface area (Å²) in [5.74, 6) is 0. The molecule has 0 spiro atoms. The average Bonchev–Trinajstić information content (AvgIpc) is 2.30. The lowest BCUT2D eigenvalue weighted by Gasteiger charge is -2.16. The lowest BCUT2D eigenvalue weighted by molar-refractivity contribution is 1.53. The second kappa shape index (κ2) is 4.30. The van der Waals surface area contributed by atoms with Crippen molar-refractivity contribution in [1.29, 1.82) is 0 Å². The van der Waals surface area contributed by atoms with E-state index in [0.29, 0.717) is 0 Å². The fourth-order valence-electron chi connectivity index (χ4n) is 1.40. The molecule has 1 aromatic rings. The maximum atomic E-state index is 2.80. The third kappa shape index (κ3) is 1.97. The van der Waals surface area contributed by atoms with Crippen LogP contribution < -0.4 is 0 Å². The largest absolute Gasteiger partial charge is 0.150 e. The Morgan fingerprint density at radius 1 is 1.07 bits per heavy atom. The van der Waals surface area contributed by atoms with Crippen LogP contribution in [-0.2, 0) is 0 Å². The Morgan fingerprint density at radius 2 is 1.86 bits per heavy atom. The minimum Gasteiger partial charge on any atom is -0.150 e. The Kier molecular flexibility index (Phi) is 2.86. The van der Waals surface area contributed by atoms with Gasteiger partial charge in [0.05, 0.1) is 0 Å². The Balaban J connectivity index is 2.36. The normalized spacial score (nSPS) is 17.8. The smallest absolute Gasteiger partial charge is 0.0597 e. The molecule has 0 amide bonds. The molecule has 0 nitrogen and oxygen atoms in total. The molecule has 0 N–H and O–H groups in total. The van der Waals surface area contributed by atoms with E-state index in [0.717, 1.165) is 0 Å². The van der Waals surface area contributed by atoms with Crippen LogP contribution in [0.2, 0.25) is 0 Å². The summed E-state index contributed by atoms with van der Waals surface area (Å²) in [5, 5.41) is 1.24. The first-order chi connectivity index (χ1) is 6.88. The number of rotatable bonds is 1. The molecule has 0 bridgehead atoms. The van der Waals surface area contributed by atoms with Crippen molar-refractivity contribution in [1.82, 2.24) is 0 Å². The van der Waals surface area contributed by atoms with Crippen LogP contribution in [-0.4, -0.2) is 0 Å². The van der Waals surface area contributed by atoms with E-state index >= 15 is 0 Å². The minimum atomic E-state index is 1.24. The first kappa shape index (κ1) is 9.30. The average molecular weight is 199 g/mol. The van der Waals surface area contributed by atoms with Crippen molar-refractivity contribution in [3.05, 3.63) is 72.2 Å². The van der Waals surface area contributed by atoms with E-state index in [4.69, 9.17) is 0 Å². The highest BCUT2D eigenvalue weighted by atomic mass is 31.0. The third-order valence-electron chi connectivity index (χ3n) is 2.17. The van der Waals surface area contributed by atoms with Crippen LogP contribution in [0.1, 0.15) is 5.56 Å². The fraction of sp³-hybridized carbons (Fsp3) is 0.